The third-order valence-corrected chi connectivity index (χ3v) is 12.2. The maximum Gasteiger partial charge on any atom is 0.303 e. The van der Waals surface area contributed by atoms with E-state index < -0.39 is 44.1 Å². The molecule has 1 fully saturated rings. The minimum absolute atomic E-state index is 0.0963. The van der Waals surface area contributed by atoms with Gasteiger partial charge < -0.3 is 24.1 Å². The lowest BCUT2D eigenvalue weighted by Crippen LogP contribution is -2.68. The summed E-state index contributed by atoms with van der Waals surface area (Å²) in [5.41, 5.74) is -0.597. The van der Waals surface area contributed by atoms with Crippen molar-refractivity contribution in [3.63, 3.8) is 0 Å². The molecule has 0 saturated carbocycles. The first-order valence-corrected chi connectivity index (χ1v) is 14.6. The zero-order valence-electron chi connectivity index (χ0n) is 20.5. The number of hydrogen-bond donors (Lipinski definition) is 2. The molecular weight excluding hydrogens is 468 g/mol. The summed E-state index contributed by atoms with van der Waals surface area (Å²) in [7, 11) is -2.83. The number of aliphatic hydroxyl groups is 2. The van der Waals surface area contributed by atoms with E-state index >= 15 is 0 Å². The van der Waals surface area contributed by atoms with Crippen LogP contribution in [0.3, 0.4) is 0 Å². The van der Waals surface area contributed by atoms with Crippen molar-refractivity contribution >= 4 is 36.4 Å². The van der Waals surface area contributed by atoms with Crippen LogP contribution in [0.15, 0.2) is 60.7 Å². The van der Waals surface area contributed by atoms with Gasteiger partial charge in [0.15, 0.2) is 6.10 Å². The van der Waals surface area contributed by atoms with Gasteiger partial charge in [-0.15, -0.1) is 11.8 Å². The van der Waals surface area contributed by atoms with Crippen LogP contribution in [0.2, 0.25) is 5.04 Å². The number of ether oxygens (including phenoxy) is 2. The molecule has 0 amide bonds. The van der Waals surface area contributed by atoms with Gasteiger partial charge in [-0.05, 0) is 21.2 Å². The predicted octanol–water partition coefficient (Wildman–Crippen LogP) is 2.69. The van der Waals surface area contributed by atoms with Crippen LogP contribution in [-0.2, 0) is 18.7 Å². The van der Waals surface area contributed by atoms with Crippen LogP contribution in [-0.4, -0.2) is 66.7 Å². The third kappa shape index (κ3) is 5.58. The molecule has 2 N–H and O–H groups in total. The maximum absolute atomic E-state index is 11.6. The highest BCUT2D eigenvalue weighted by Crippen LogP contribution is 2.38. The van der Waals surface area contributed by atoms with Crippen molar-refractivity contribution < 1.29 is 28.9 Å². The van der Waals surface area contributed by atoms with Crippen molar-refractivity contribution in [1.29, 1.82) is 0 Å². The lowest BCUT2D eigenvalue weighted by atomic mass is 10.0. The van der Waals surface area contributed by atoms with Crippen LogP contribution in [0, 0.1) is 0 Å². The molecule has 2 aromatic carbocycles. The molecule has 5 atom stereocenters. The van der Waals surface area contributed by atoms with Crippen LogP contribution in [0.25, 0.3) is 0 Å². The van der Waals surface area contributed by atoms with E-state index in [9.17, 15) is 15.0 Å². The predicted molar refractivity (Wildman–Crippen MR) is 138 cm³/mol. The van der Waals surface area contributed by atoms with Gasteiger partial charge in [0.25, 0.3) is 8.32 Å². The van der Waals surface area contributed by atoms with Gasteiger partial charge in [0, 0.05) is 6.92 Å². The average molecular weight is 505 g/mol. The van der Waals surface area contributed by atoms with Gasteiger partial charge in [0.2, 0.25) is 0 Å². The highest BCUT2D eigenvalue weighted by Gasteiger charge is 2.52. The van der Waals surface area contributed by atoms with Crippen molar-refractivity contribution in [1.82, 2.24) is 0 Å². The standard InChI is InChI=1S/C26H36O6SSi/c1-6-33-25-24(31-18(2)27)23(29)22(28)21(32-25)17-30-34(26(3,4)5,19-13-9-7-10-14-19)20-15-11-8-12-16-20/h7-16,21-25,28-29H,6,17H2,1-5H3/t21-,22+,23+,24-,25+/m1/s1. The molecule has 1 aliphatic heterocycles. The van der Waals surface area contributed by atoms with Crippen LogP contribution >= 0.6 is 11.8 Å². The van der Waals surface area contributed by atoms with E-state index in [-0.39, 0.29) is 11.6 Å². The van der Waals surface area contributed by atoms with Crippen molar-refractivity contribution in [2.45, 2.75) is 69.5 Å². The fourth-order valence-corrected chi connectivity index (χ4v) is 10.2. The summed E-state index contributed by atoms with van der Waals surface area (Å²) in [5.74, 6) is 0.177. The van der Waals surface area contributed by atoms with Crippen LogP contribution in [0.4, 0.5) is 0 Å². The minimum Gasteiger partial charge on any atom is -0.456 e. The molecule has 3 rings (SSSR count). The number of thioether (sulfide) groups is 1. The monoisotopic (exact) mass is 504 g/mol. The molecule has 0 unspecified atom stereocenters. The van der Waals surface area contributed by atoms with Gasteiger partial charge in [-0.25, -0.2) is 0 Å². The molecule has 0 aromatic heterocycles. The summed E-state index contributed by atoms with van der Waals surface area (Å²) in [6, 6.07) is 20.4. The number of carbonyl (C=O) groups excluding carboxylic acids is 1. The van der Waals surface area contributed by atoms with Gasteiger partial charge >= 0.3 is 5.97 Å². The first kappa shape index (κ1) is 26.9. The number of rotatable bonds is 8. The van der Waals surface area contributed by atoms with E-state index in [4.69, 9.17) is 13.9 Å². The largest absolute Gasteiger partial charge is 0.456 e. The molecule has 8 heteroatoms. The van der Waals surface area contributed by atoms with Gasteiger partial charge in [-0.1, -0.05) is 88.4 Å². The van der Waals surface area contributed by atoms with Gasteiger partial charge in [-0.2, -0.15) is 0 Å². The maximum atomic E-state index is 11.6. The molecule has 0 aliphatic carbocycles. The summed E-state index contributed by atoms with van der Waals surface area (Å²) in [4.78, 5) is 11.6. The van der Waals surface area contributed by atoms with Gasteiger partial charge in [0.1, 0.15) is 23.7 Å². The van der Waals surface area contributed by atoms with Crippen molar-refractivity contribution in [3.05, 3.63) is 60.7 Å². The second-order valence-electron chi connectivity index (χ2n) is 9.53. The number of esters is 1. The number of benzene rings is 2. The molecule has 1 heterocycles. The van der Waals surface area contributed by atoms with Crippen molar-refractivity contribution in [3.8, 4) is 0 Å². The topological polar surface area (TPSA) is 85.2 Å². The van der Waals surface area contributed by atoms with Gasteiger partial charge in [-0.3, -0.25) is 4.79 Å². The number of hydrogen-bond acceptors (Lipinski definition) is 7. The van der Waals surface area contributed by atoms with E-state index in [0.29, 0.717) is 5.75 Å². The molecule has 0 spiro atoms. The Bertz CT molecular complexity index is 880. The summed E-state index contributed by atoms with van der Waals surface area (Å²) in [6.45, 7) is 9.88. The summed E-state index contributed by atoms with van der Waals surface area (Å²) >= 11 is 1.43. The molecule has 6 nitrogen and oxygen atoms in total. The van der Waals surface area contributed by atoms with E-state index in [1.807, 2.05) is 43.3 Å². The molecular formula is C26H36O6SSi. The normalized spacial score (nSPS) is 25.7. The van der Waals surface area contributed by atoms with Crippen LogP contribution < -0.4 is 10.4 Å². The SMILES string of the molecule is CCS[C@@H]1O[C@H](CO[Si](c2ccccc2)(c2ccccc2)C(C)(C)C)[C@H](O)[C@H](O)[C@H]1OC(C)=O. The van der Waals surface area contributed by atoms with E-state index in [0.717, 1.165) is 10.4 Å². The van der Waals surface area contributed by atoms with Crippen LogP contribution in [0.1, 0.15) is 34.6 Å². The zero-order chi connectivity index (χ0) is 24.9. The second-order valence-corrected chi connectivity index (χ2v) is 15.2. The summed E-state index contributed by atoms with van der Waals surface area (Å²) < 4.78 is 18.4. The molecule has 34 heavy (non-hydrogen) atoms. The lowest BCUT2D eigenvalue weighted by molar-refractivity contribution is -0.217. The van der Waals surface area contributed by atoms with E-state index in [2.05, 4.69) is 45.0 Å². The minimum atomic E-state index is -2.83. The molecule has 1 saturated heterocycles. The Kier molecular flexibility index (Phi) is 9.00. The van der Waals surface area contributed by atoms with Crippen LogP contribution in [0.5, 0.6) is 0 Å². The molecule has 2 aromatic rings. The van der Waals surface area contributed by atoms with Crippen molar-refractivity contribution in [2.24, 2.45) is 0 Å². The Morgan fingerprint density at radius 3 is 1.97 bits per heavy atom. The summed E-state index contributed by atoms with van der Waals surface area (Å²) in [6.07, 6.45) is -4.24. The lowest BCUT2D eigenvalue weighted by Gasteiger charge is -2.46. The van der Waals surface area contributed by atoms with E-state index in [1.165, 1.54) is 18.7 Å². The highest BCUT2D eigenvalue weighted by atomic mass is 32.2. The zero-order valence-corrected chi connectivity index (χ0v) is 22.3. The smallest absolute Gasteiger partial charge is 0.303 e. The first-order valence-electron chi connectivity index (χ1n) is 11.7. The summed E-state index contributed by atoms with van der Waals surface area (Å²) in [5, 5.41) is 23.7. The molecule has 1 aliphatic rings. The second kappa shape index (κ2) is 11.4. The molecule has 186 valence electrons. The number of aliphatic hydroxyl groups excluding tert-OH is 2. The number of carbonyl (C=O) groups is 1. The Morgan fingerprint density at radius 1 is 1.00 bits per heavy atom. The first-order chi connectivity index (χ1) is 16.1. The van der Waals surface area contributed by atoms with Gasteiger partial charge in [0.05, 0.1) is 6.61 Å². The van der Waals surface area contributed by atoms with Crippen molar-refractivity contribution in [2.75, 3.05) is 12.4 Å². The Labute approximate surface area is 207 Å². The van der Waals surface area contributed by atoms with E-state index in [1.54, 1.807) is 0 Å². The quantitative estimate of drug-likeness (QED) is 0.422. The Hall–Kier alpha value is -1.68. The Morgan fingerprint density at radius 2 is 1.53 bits per heavy atom. The third-order valence-electron chi connectivity index (χ3n) is 6.16. The highest BCUT2D eigenvalue weighted by molar-refractivity contribution is 7.99. The fraction of sp³-hybridized carbons (Fsp3) is 0.500. The molecule has 0 radical (unpaired) electrons. The fourth-order valence-electron chi connectivity index (χ4n) is 4.63. The molecule has 0 bridgehead atoms. The Balaban J connectivity index is 1.96. The average Bonchev–Trinajstić information content (AvgIpc) is 2.80.